The van der Waals surface area contributed by atoms with E-state index in [2.05, 4.69) is 0 Å². The SMILES string of the molecule is CCC1CCCCN1C(=O)/C=C/c1cccc(C(F)(F)F)c1. The lowest BCUT2D eigenvalue weighted by molar-refractivity contribution is -0.137. The second kappa shape index (κ2) is 6.99. The van der Waals surface area contributed by atoms with Gasteiger partial charge >= 0.3 is 6.18 Å². The lowest BCUT2D eigenvalue weighted by Crippen LogP contribution is -2.42. The standard InChI is InChI=1S/C17H20F3NO/c1-2-15-8-3-4-11-21(15)16(22)10-9-13-6-5-7-14(12-13)17(18,19)20/h5-7,9-10,12,15H,2-4,8,11H2,1H3/b10-9+. The fourth-order valence-corrected chi connectivity index (χ4v) is 2.80. The largest absolute Gasteiger partial charge is 0.416 e. The minimum Gasteiger partial charge on any atom is -0.336 e. The molecule has 1 amide bonds. The van der Waals surface area contributed by atoms with Crippen LogP contribution in [0.2, 0.25) is 0 Å². The maximum atomic E-state index is 12.7. The highest BCUT2D eigenvalue weighted by Crippen LogP contribution is 2.29. The third-order valence-electron chi connectivity index (χ3n) is 4.01. The highest BCUT2D eigenvalue weighted by molar-refractivity contribution is 5.92. The number of carbonyl (C=O) groups is 1. The second-order valence-corrected chi connectivity index (χ2v) is 5.55. The van der Waals surface area contributed by atoms with E-state index in [9.17, 15) is 18.0 Å². The monoisotopic (exact) mass is 311 g/mol. The Bertz CT molecular complexity index is 551. The van der Waals surface area contributed by atoms with E-state index in [1.807, 2.05) is 11.8 Å². The van der Waals surface area contributed by atoms with Crippen molar-refractivity contribution in [2.75, 3.05) is 6.54 Å². The summed E-state index contributed by atoms with van der Waals surface area (Å²) >= 11 is 0. The van der Waals surface area contributed by atoms with E-state index in [0.717, 1.165) is 44.4 Å². The lowest BCUT2D eigenvalue weighted by Gasteiger charge is -2.34. The summed E-state index contributed by atoms with van der Waals surface area (Å²) in [6.07, 6.45) is 2.48. The molecule has 2 nitrogen and oxygen atoms in total. The third-order valence-corrected chi connectivity index (χ3v) is 4.01. The van der Waals surface area contributed by atoms with Crippen molar-refractivity contribution in [2.45, 2.75) is 44.8 Å². The van der Waals surface area contributed by atoms with Gasteiger partial charge in [0.25, 0.3) is 0 Å². The number of carbonyl (C=O) groups excluding carboxylic acids is 1. The third kappa shape index (κ3) is 4.12. The molecular formula is C17H20F3NO. The minimum atomic E-state index is -4.37. The average Bonchev–Trinajstić information content (AvgIpc) is 2.52. The zero-order valence-electron chi connectivity index (χ0n) is 12.6. The molecular weight excluding hydrogens is 291 g/mol. The first-order valence-electron chi connectivity index (χ1n) is 7.57. The molecule has 0 N–H and O–H groups in total. The number of hydrogen-bond acceptors (Lipinski definition) is 1. The Morgan fingerprint density at radius 3 is 2.82 bits per heavy atom. The number of amides is 1. The van der Waals surface area contributed by atoms with E-state index in [1.54, 1.807) is 6.07 Å². The molecule has 5 heteroatoms. The Labute approximate surface area is 128 Å². The number of halogens is 3. The van der Waals surface area contributed by atoms with Crippen molar-refractivity contribution in [1.82, 2.24) is 4.90 Å². The zero-order valence-corrected chi connectivity index (χ0v) is 12.6. The molecule has 22 heavy (non-hydrogen) atoms. The van der Waals surface area contributed by atoms with E-state index >= 15 is 0 Å². The number of hydrogen-bond donors (Lipinski definition) is 0. The first-order chi connectivity index (χ1) is 10.4. The molecule has 0 aliphatic carbocycles. The van der Waals surface area contributed by atoms with E-state index in [4.69, 9.17) is 0 Å². The molecule has 1 aromatic carbocycles. The van der Waals surface area contributed by atoms with Crippen LogP contribution in [0.5, 0.6) is 0 Å². The van der Waals surface area contributed by atoms with Crippen molar-refractivity contribution in [1.29, 1.82) is 0 Å². The van der Waals surface area contributed by atoms with Crippen LogP contribution >= 0.6 is 0 Å². The van der Waals surface area contributed by atoms with E-state index in [1.165, 1.54) is 18.2 Å². The zero-order chi connectivity index (χ0) is 16.2. The van der Waals surface area contributed by atoms with E-state index in [-0.39, 0.29) is 11.9 Å². The van der Waals surface area contributed by atoms with E-state index < -0.39 is 11.7 Å². The average molecular weight is 311 g/mol. The van der Waals surface area contributed by atoms with Gasteiger partial charge in [-0.15, -0.1) is 0 Å². The fraction of sp³-hybridized carbons (Fsp3) is 0.471. The van der Waals surface area contributed by atoms with Gasteiger partial charge in [-0.3, -0.25) is 4.79 Å². The first-order valence-corrected chi connectivity index (χ1v) is 7.57. The number of piperidine rings is 1. The normalized spacial score (nSPS) is 19.6. The summed E-state index contributed by atoms with van der Waals surface area (Å²) in [6, 6.07) is 5.23. The highest BCUT2D eigenvalue weighted by atomic mass is 19.4. The van der Waals surface area contributed by atoms with Gasteiger partial charge in [0.1, 0.15) is 0 Å². The number of alkyl halides is 3. The molecule has 0 radical (unpaired) electrons. The van der Waals surface area contributed by atoms with Crippen LogP contribution < -0.4 is 0 Å². The van der Waals surface area contributed by atoms with Crippen molar-refractivity contribution in [3.63, 3.8) is 0 Å². The van der Waals surface area contributed by atoms with Crippen LogP contribution in [0.3, 0.4) is 0 Å². The molecule has 1 aliphatic heterocycles. The van der Waals surface area contributed by atoms with Crippen molar-refractivity contribution >= 4 is 12.0 Å². The Morgan fingerprint density at radius 2 is 2.14 bits per heavy atom. The molecule has 1 aromatic rings. The van der Waals surface area contributed by atoms with Crippen LogP contribution in [-0.2, 0) is 11.0 Å². The van der Waals surface area contributed by atoms with Gasteiger partial charge in [0.15, 0.2) is 0 Å². The van der Waals surface area contributed by atoms with Gasteiger partial charge in [0.05, 0.1) is 5.56 Å². The summed E-state index contributed by atoms with van der Waals surface area (Å²) in [5.74, 6) is -0.121. The van der Waals surface area contributed by atoms with Crippen LogP contribution in [0.1, 0.15) is 43.7 Å². The van der Waals surface area contributed by atoms with Gasteiger partial charge in [-0.05, 0) is 49.5 Å². The molecule has 1 saturated heterocycles. The topological polar surface area (TPSA) is 20.3 Å². The molecule has 0 spiro atoms. The molecule has 120 valence electrons. The Kier molecular flexibility index (Phi) is 5.27. The quantitative estimate of drug-likeness (QED) is 0.752. The van der Waals surface area contributed by atoms with Crippen molar-refractivity contribution < 1.29 is 18.0 Å². The Balaban J connectivity index is 2.09. The van der Waals surface area contributed by atoms with Crippen molar-refractivity contribution in [2.24, 2.45) is 0 Å². The minimum absolute atomic E-state index is 0.121. The summed E-state index contributed by atoms with van der Waals surface area (Å²) in [6.45, 7) is 2.77. The van der Waals surface area contributed by atoms with Crippen LogP contribution in [0.25, 0.3) is 6.08 Å². The molecule has 1 heterocycles. The number of nitrogens with zero attached hydrogens (tertiary/aromatic N) is 1. The van der Waals surface area contributed by atoms with Crippen LogP contribution in [0.4, 0.5) is 13.2 Å². The molecule has 1 unspecified atom stereocenters. The molecule has 2 rings (SSSR count). The van der Waals surface area contributed by atoms with Gasteiger partial charge in [-0.2, -0.15) is 13.2 Å². The lowest BCUT2D eigenvalue weighted by atomic mass is 10.00. The number of rotatable bonds is 3. The van der Waals surface area contributed by atoms with Crippen molar-refractivity contribution in [3.8, 4) is 0 Å². The Morgan fingerprint density at radius 1 is 1.36 bits per heavy atom. The van der Waals surface area contributed by atoms with Gasteiger partial charge in [0, 0.05) is 18.7 Å². The number of benzene rings is 1. The van der Waals surface area contributed by atoms with Crippen LogP contribution in [-0.4, -0.2) is 23.4 Å². The van der Waals surface area contributed by atoms with Gasteiger partial charge in [0.2, 0.25) is 5.91 Å². The highest BCUT2D eigenvalue weighted by Gasteiger charge is 2.30. The fourth-order valence-electron chi connectivity index (χ4n) is 2.80. The molecule has 1 fully saturated rings. The maximum Gasteiger partial charge on any atom is 0.416 e. The predicted octanol–water partition coefficient (Wildman–Crippen LogP) is 4.51. The summed E-state index contributed by atoms with van der Waals surface area (Å²) < 4.78 is 38.0. The molecule has 1 atom stereocenters. The second-order valence-electron chi connectivity index (χ2n) is 5.55. The van der Waals surface area contributed by atoms with Crippen LogP contribution in [0, 0.1) is 0 Å². The van der Waals surface area contributed by atoms with Crippen molar-refractivity contribution in [3.05, 3.63) is 41.5 Å². The van der Waals surface area contributed by atoms with Gasteiger partial charge in [-0.25, -0.2) is 0 Å². The summed E-state index contributed by atoms with van der Waals surface area (Å²) in [4.78, 5) is 14.1. The summed E-state index contributed by atoms with van der Waals surface area (Å²) in [5, 5.41) is 0. The van der Waals surface area contributed by atoms with Gasteiger partial charge < -0.3 is 4.90 Å². The Hall–Kier alpha value is -1.78. The van der Waals surface area contributed by atoms with Crippen LogP contribution in [0.15, 0.2) is 30.3 Å². The smallest absolute Gasteiger partial charge is 0.336 e. The van der Waals surface area contributed by atoms with E-state index in [0.29, 0.717) is 5.56 Å². The summed E-state index contributed by atoms with van der Waals surface area (Å²) in [5.41, 5.74) is -0.320. The van der Waals surface area contributed by atoms with Gasteiger partial charge in [-0.1, -0.05) is 19.1 Å². The molecule has 0 bridgehead atoms. The maximum absolute atomic E-state index is 12.7. The number of likely N-dealkylation sites (tertiary alicyclic amines) is 1. The first kappa shape index (κ1) is 16.6. The molecule has 0 aromatic heterocycles. The molecule has 1 aliphatic rings. The summed E-state index contributed by atoms with van der Waals surface area (Å²) in [7, 11) is 0. The predicted molar refractivity (Wildman–Crippen MR) is 80.1 cm³/mol. The molecule has 0 saturated carbocycles.